The molecule has 1 aliphatic rings. The van der Waals surface area contributed by atoms with E-state index in [2.05, 4.69) is 21.7 Å². The summed E-state index contributed by atoms with van der Waals surface area (Å²) in [5.41, 5.74) is 1.06. The monoisotopic (exact) mass is 429 g/mol. The fourth-order valence-corrected chi connectivity index (χ4v) is 4.56. The second kappa shape index (κ2) is 8.83. The summed E-state index contributed by atoms with van der Waals surface area (Å²) in [6, 6.07) is 15.1. The molecule has 2 N–H and O–H groups in total. The third-order valence-corrected chi connectivity index (χ3v) is 6.46. The van der Waals surface area contributed by atoms with Crippen LogP contribution in [0.3, 0.4) is 0 Å². The average molecular weight is 430 g/mol. The molecule has 7 heteroatoms. The molecule has 2 heterocycles. The Labute approximate surface area is 187 Å². The van der Waals surface area contributed by atoms with Gasteiger partial charge in [0.25, 0.3) is 5.91 Å². The summed E-state index contributed by atoms with van der Waals surface area (Å²) in [6.07, 6.45) is 6.46. The van der Waals surface area contributed by atoms with Gasteiger partial charge in [-0.2, -0.15) is 5.26 Å². The van der Waals surface area contributed by atoms with E-state index in [4.69, 9.17) is 0 Å². The van der Waals surface area contributed by atoms with E-state index in [1.165, 1.54) is 0 Å². The summed E-state index contributed by atoms with van der Waals surface area (Å²) in [4.78, 5) is 30.3. The van der Waals surface area contributed by atoms with E-state index in [1.54, 1.807) is 31.5 Å². The van der Waals surface area contributed by atoms with Crippen molar-refractivity contribution in [3.8, 4) is 6.07 Å². The zero-order valence-electron chi connectivity index (χ0n) is 18.3. The molecule has 1 unspecified atom stereocenters. The lowest BCUT2D eigenvalue weighted by atomic mass is 9.82. The van der Waals surface area contributed by atoms with Gasteiger partial charge in [0, 0.05) is 36.4 Å². The second-order valence-electron chi connectivity index (χ2n) is 8.58. The van der Waals surface area contributed by atoms with Crippen molar-refractivity contribution in [3.63, 3.8) is 0 Å². The van der Waals surface area contributed by atoms with E-state index in [0.29, 0.717) is 17.7 Å². The second-order valence-corrected chi connectivity index (χ2v) is 8.58. The number of para-hydroxylation sites is 1. The van der Waals surface area contributed by atoms with Gasteiger partial charge in [0.05, 0.1) is 12.0 Å². The van der Waals surface area contributed by atoms with Crippen LogP contribution in [-0.2, 0) is 17.4 Å². The standard InChI is InChI=1S/C25H27N5O2/c1-25(16-26,18-11-13-27-14-12-18)29-23(31)19-8-4-5-9-20(19)28-24(32)22-15-17-7-3-6-10-21(17)30(22)2/h3,6-7,10-15,19-20H,4-5,8-9H2,1-2H3,(H,28,32)(H,29,31)/t19-,20+,25?/m1/s1. The molecule has 164 valence electrons. The minimum absolute atomic E-state index is 0.189. The van der Waals surface area contributed by atoms with Crippen molar-refractivity contribution in [2.75, 3.05) is 0 Å². The van der Waals surface area contributed by atoms with Gasteiger partial charge in [-0.3, -0.25) is 14.6 Å². The lowest BCUT2D eigenvalue weighted by Gasteiger charge is -2.34. The fraction of sp³-hybridized carbons (Fsp3) is 0.360. The van der Waals surface area contributed by atoms with E-state index in [9.17, 15) is 14.9 Å². The van der Waals surface area contributed by atoms with E-state index >= 15 is 0 Å². The predicted octanol–water partition coefficient (Wildman–Crippen LogP) is 3.42. The molecule has 1 saturated carbocycles. The van der Waals surface area contributed by atoms with Crippen LogP contribution < -0.4 is 10.6 Å². The maximum absolute atomic E-state index is 13.2. The normalized spacial score (nSPS) is 20.2. The van der Waals surface area contributed by atoms with Crippen molar-refractivity contribution in [2.24, 2.45) is 13.0 Å². The number of nitrogens with one attached hydrogen (secondary N) is 2. The number of benzene rings is 1. The number of amides is 2. The molecule has 7 nitrogen and oxygen atoms in total. The molecule has 1 aliphatic carbocycles. The average Bonchev–Trinajstić information content (AvgIpc) is 3.16. The summed E-state index contributed by atoms with van der Waals surface area (Å²) in [5.74, 6) is -0.796. The lowest BCUT2D eigenvalue weighted by Crippen LogP contribution is -2.52. The summed E-state index contributed by atoms with van der Waals surface area (Å²) in [6.45, 7) is 1.69. The maximum atomic E-state index is 13.2. The number of hydrogen-bond donors (Lipinski definition) is 2. The first kappa shape index (κ1) is 21.6. The number of pyridine rings is 1. The van der Waals surface area contributed by atoms with Gasteiger partial charge in [-0.05, 0) is 49.6 Å². The van der Waals surface area contributed by atoms with Gasteiger partial charge in [0.1, 0.15) is 11.2 Å². The Morgan fingerprint density at radius 2 is 1.88 bits per heavy atom. The minimum Gasteiger partial charge on any atom is -0.347 e. The van der Waals surface area contributed by atoms with Gasteiger partial charge in [0.2, 0.25) is 5.91 Å². The highest BCUT2D eigenvalue weighted by atomic mass is 16.2. The van der Waals surface area contributed by atoms with Crippen LogP contribution >= 0.6 is 0 Å². The highest BCUT2D eigenvalue weighted by Crippen LogP contribution is 2.28. The largest absolute Gasteiger partial charge is 0.347 e. The van der Waals surface area contributed by atoms with Crippen molar-refractivity contribution in [1.82, 2.24) is 20.2 Å². The van der Waals surface area contributed by atoms with Crippen LogP contribution in [0.4, 0.5) is 0 Å². The zero-order chi connectivity index (χ0) is 22.7. The molecule has 0 aliphatic heterocycles. The molecule has 4 rings (SSSR count). The molecule has 0 spiro atoms. The minimum atomic E-state index is -1.16. The molecule has 1 fully saturated rings. The van der Waals surface area contributed by atoms with Crippen molar-refractivity contribution >= 4 is 22.7 Å². The van der Waals surface area contributed by atoms with E-state index in [-0.39, 0.29) is 17.9 Å². The molecule has 32 heavy (non-hydrogen) atoms. The lowest BCUT2D eigenvalue weighted by molar-refractivity contribution is -0.128. The number of fused-ring (bicyclic) bond motifs is 1. The van der Waals surface area contributed by atoms with Crippen LogP contribution in [-0.4, -0.2) is 27.4 Å². The Morgan fingerprint density at radius 1 is 1.16 bits per heavy atom. The van der Waals surface area contributed by atoms with Crippen LogP contribution in [0.5, 0.6) is 0 Å². The van der Waals surface area contributed by atoms with Gasteiger partial charge in [-0.1, -0.05) is 31.0 Å². The molecule has 0 radical (unpaired) electrons. The summed E-state index contributed by atoms with van der Waals surface area (Å²) < 4.78 is 1.87. The molecule has 0 bridgehead atoms. The highest BCUT2D eigenvalue weighted by molar-refractivity contribution is 5.99. The molecule has 2 aromatic heterocycles. The van der Waals surface area contributed by atoms with Crippen LogP contribution in [0.15, 0.2) is 54.9 Å². The third kappa shape index (κ3) is 4.09. The first-order valence-corrected chi connectivity index (χ1v) is 10.9. The predicted molar refractivity (Wildman–Crippen MR) is 121 cm³/mol. The smallest absolute Gasteiger partial charge is 0.268 e. The van der Waals surface area contributed by atoms with Crippen LogP contribution in [0, 0.1) is 17.2 Å². The summed E-state index contributed by atoms with van der Waals surface area (Å²) in [5, 5.41) is 16.8. The molecule has 0 saturated heterocycles. The number of nitrogens with zero attached hydrogens (tertiary/aromatic N) is 3. The van der Waals surface area contributed by atoms with Crippen LogP contribution in [0.2, 0.25) is 0 Å². The van der Waals surface area contributed by atoms with Gasteiger partial charge < -0.3 is 15.2 Å². The Balaban J connectivity index is 1.52. The number of rotatable bonds is 5. The van der Waals surface area contributed by atoms with Crippen molar-refractivity contribution < 1.29 is 9.59 Å². The molecule has 3 atom stereocenters. The Bertz CT molecular complexity index is 1180. The van der Waals surface area contributed by atoms with Gasteiger partial charge in [-0.25, -0.2) is 0 Å². The van der Waals surface area contributed by atoms with Gasteiger partial charge in [0.15, 0.2) is 0 Å². The maximum Gasteiger partial charge on any atom is 0.268 e. The third-order valence-electron chi connectivity index (χ3n) is 6.46. The van der Waals surface area contributed by atoms with Crippen molar-refractivity contribution in [1.29, 1.82) is 5.26 Å². The van der Waals surface area contributed by atoms with Gasteiger partial charge >= 0.3 is 0 Å². The topological polar surface area (TPSA) is 99.8 Å². The molecule has 2 amide bonds. The summed E-state index contributed by atoms with van der Waals surface area (Å²) in [7, 11) is 1.87. The number of hydrogen-bond acceptors (Lipinski definition) is 4. The number of aryl methyl sites for hydroxylation is 1. The first-order valence-electron chi connectivity index (χ1n) is 10.9. The van der Waals surface area contributed by atoms with Crippen LogP contribution in [0.25, 0.3) is 10.9 Å². The van der Waals surface area contributed by atoms with E-state index < -0.39 is 11.5 Å². The van der Waals surface area contributed by atoms with Gasteiger partial charge in [-0.15, -0.1) is 0 Å². The molecule has 1 aromatic carbocycles. The molecule has 3 aromatic rings. The quantitative estimate of drug-likeness (QED) is 0.649. The highest BCUT2D eigenvalue weighted by Gasteiger charge is 2.37. The van der Waals surface area contributed by atoms with Crippen molar-refractivity contribution in [3.05, 3.63) is 66.1 Å². The fourth-order valence-electron chi connectivity index (χ4n) is 4.56. The van der Waals surface area contributed by atoms with Crippen molar-refractivity contribution in [2.45, 2.75) is 44.2 Å². The van der Waals surface area contributed by atoms with E-state index in [1.807, 2.05) is 41.9 Å². The number of nitriles is 1. The number of carbonyl (C=O) groups excluding carboxylic acids is 2. The molecular weight excluding hydrogens is 402 g/mol. The Kier molecular flexibility index (Phi) is 5.95. The van der Waals surface area contributed by atoms with Crippen LogP contribution in [0.1, 0.15) is 48.7 Å². The Morgan fingerprint density at radius 3 is 2.59 bits per heavy atom. The number of aromatic nitrogens is 2. The first-order chi connectivity index (χ1) is 15.4. The summed E-state index contributed by atoms with van der Waals surface area (Å²) >= 11 is 0. The Hall–Kier alpha value is -3.66. The number of carbonyl (C=O) groups is 2. The molecular formula is C25H27N5O2. The zero-order valence-corrected chi connectivity index (χ0v) is 18.3. The SMILES string of the molecule is Cn1c(C(=O)N[C@H]2CCCC[C@H]2C(=O)NC(C)(C#N)c2ccncc2)cc2ccccc21. The van der Waals surface area contributed by atoms with E-state index in [0.717, 1.165) is 30.2 Å².